The van der Waals surface area contributed by atoms with Crippen LogP contribution in [0.25, 0.3) is 0 Å². The van der Waals surface area contributed by atoms with Crippen LogP contribution in [0, 0.1) is 5.92 Å². The highest BCUT2D eigenvalue weighted by atomic mass is 127. The molecule has 25 heavy (non-hydrogen) atoms. The van der Waals surface area contributed by atoms with Crippen molar-refractivity contribution in [3.8, 4) is 0 Å². The second kappa shape index (κ2) is 14.7. The van der Waals surface area contributed by atoms with Crippen LogP contribution >= 0.6 is 35.3 Å². The monoisotopic (exact) mass is 482 g/mol. The van der Waals surface area contributed by atoms with Crippen molar-refractivity contribution in [2.75, 3.05) is 32.8 Å². The summed E-state index contributed by atoms with van der Waals surface area (Å²) in [6.45, 7) is 14.7. The van der Waals surface area contributed by atoms with Crippen LogP contribution in [-0.2, 0) is 11.2 Å². The maximum absolute atomic E-state index is 5.60. The summed E-state index contributed by atoms with van der Waals surface area (Å²) in [4.78, 5) is 9.21. The van der Waals surface area contributed by atoms with Crippen LogP contribution in [0.4, 0.5) is 0 Å². The molecule has 1 rings (SSSR count). The first-order valence-corrected chi connectivity index (χ1v) is 9.95. The third-order valence-corrected chi connectivity index (χ3v) is 4.62. The standard InChI is InChI=1S/C18H34N4OS.HI/c1-6-19-18(21-10-12-23-11-8-14(2)3)20-9-7-16-13-24-17(22-16)15(4)5;/h13-15H,6-12H2,1-5H3,(H2,19,20,21);1H. The average molecular weight is 482 g/mol. The Morgan fingerprint density at radius 3 is 2.60 bits per heavy atom. The maximum Gasteiger partial charge on any atom is 0.191 e. The number of nitrogens with zero attached hydrogens (tertiary/aromatic N) is 2. The maximum atomic E-state index is 5.60. The summed E-state index contributed by atoms with van der Waals surface area (Å²) in [6.07, 6.45) is 2.02. The summed E-state index contributed by atoms with van der Waals surface area (Å²) >= 11 is 1.75. The molecule has 1 aromatic rings. The number of rotatable bonds is 11. The Labute approximate surface area is 174 Å². The van der Waals surface area contributed by atoms with Crippen molar-refractivity contribution in [3.05, 3.63) is 16.1 Å². The number of aromatic nitrogens is 1. The van der Waals surface area contributed by atoms with Crippen molar-refractivity contribution in [2.45, 2.75) is 53.4 Å². The predicted octanol–water partition coefficient (Wildman–Crippen LogP) is 4.04. The lowest BCUT2D eigenvalue weighted by Crippen LogP contribution is -2.38. The van der Waals surface area contributed by atoms with E-state index in [1.807, 2.05) is 0 Å². The Hall–Kier alpha value is -0.410. The van der Waals surface area contributed by atoms with Crippen molar-refractivity contribution in [2.24, 2.45) is 10.9 Å². The highest BCUT2D eigenvalue weighted by Crippen LogP contribution is 2.19. The number of aliphatic imine (C=N–C) groups is 1. The van der Waals surface area contributed by atoms with Gasteiger partial charge in [-0.3, -0.25) is 4.99 Å². The van der Waals surface area contributed by atoms with Gasteiger partial charge in [-0.25, -0.2) is 4.98 Å². The lowest BCUT2D eigenvalue weighted by atomic mass is 10.1. The summed E-state index contributed by atoms with van der Waals surface area (Å²) in [6, 6.07) is 0. The molecule has 0 aliphatic carbocycles. The molecule has 2 N–H and O–H groups in total. The second-order valence-electron chi connectivity index (χ2n) is 6.56. The van der Waals surface area contributed by atoms with Crippen LogP contribution in [0.1, 0.15) is 57.7 Å². The summed E-state index contributed by atoms with van der Waals surface area (Å²) in [5.74, 6) is 2.05. The van der Waals surface area contributed by atoms with Gasteiger partial charge in [0.05, 0.1) is 23.9 Å². The van der Waals surface area contributed by atoms with Gasteiger partial charge in [-0.05, 0) is 19.3 Å². The molecule has 0 spiro atoms. The summed E-state index contributed by atoms with van der Waals surface area (Å²) in [5.41, 5.74) is 1.16. The molecule has 1 aromatic heterocycles. The van der Waals surface area contributed by atoms with E-state index in [1.54, 1.807) is 11.3 Å². The van der Waals surface area contributed by atoms with E-state index < -0.39 is 0 Å². The van der Waals surface area contributed by atoms with Gasteiger partial charge >= 0.3 is 0 Å². The molecule has 0 fully saturated rings. The fraction of sp³-hybridized carbons (Fsp3) is 0.778. The molecule has 146 valence electrons. The Morgan fingerprint density at radius 1 is 1.24 bits per heavy atom. The molecule has 0 aliphatic heterocycles. The van der Waals surface area contributed by atoms with Crippen LogP contribution in [0.3, 0.4) is 0 Å². The normalized spacial score (nSPS) is 11.7. The van der Waals surface area contributed by atoms with Gasteiger partial charge in [-0.1, -0.05) is 27.7 Å². The minimum atomic E-state index is 0. The lowest BCUT2D eigenvalue weighted by molar-refractivity contribution is 0.130. The highest BCUT2D eigenvalue weighted by molar-refractivity contribution is 14.0. The van der Waals surface area contributed by atoms with E-state index in [4.69, 9.17) is 4.74 Å². The van der Waals surface area contributed by atoms with E-state index in [9.17, 15) is 0 Å². The molecule has 0 saturated heterocycles. The molecule has 0 bridgehead atoms. The van der Waals surface area contributed by atoms with E-state index >= 15 is 0 Å². The molecule has 0 unspecified atom stereocenters. The quantitative estimate of drug-likeness (QED) is 0.216. The first kappa shape index (κ1) is 24.6. The summed E-state index contributed by atoms with van der Waals surface area (Å²) in [5, 5.41) is 10.0. The Balaban J connectivity index is 0.00000576. The number of hydrogen-bond donors (Lipinski definition) is 2. The third-order valence-electron chi connectivity index (χ3n) is 3.43. The fourth-order valence-electron chi connectivity index (χ4n) is 2.00. The molecular weight excluding hydrogens is 447 g/mol. The summed E-state index contributed by atoms with van der Waals surface area (Å²) in [7, 11) is 0. The first-order chi connectivity index (χ1) is 11.5. The van der Waals surface area contributed by atoms with Crippen LogP contribution in [0.15, 0.2) is 10.4 Å². The zero-order valence-corrected chi connectivity index (χ0v) is 19.4. The zero-order valence-electron chi connectivity index (χ0n) is 16.3. The van der Waals surface area contributed by atoms with Gasteiger partial charge in [0.1, 0.15) is 0 Å². The predicted molar refractivity (Wildman–Crippen MR) is 120 cm³/mol. The summed E-state index contributed by atoms with van der Waals surface area (Å²) < 4.78 is 5.60. The Morgan fingerprint density at radius 2 is 2.00 bits per heavy atom. The zero-order chi connectivity index (χ0) is 17.8. The highest BCUT2D eigenvalue weighted by Gasteiger charge is 2.06. The molecule has 5 nitrogen and oxygen atoms in total. The second-order valence-corrected chi connectivity index (χ2v) is 7.45. The smallest absolute Gasteiger partial charge is 0.191 e. The van der Waals surface area contributed by atoms with Crippen molar-refractivity contribution in [1.29, 1.82) is 0 Å². The van der Waals surface area contributed by atoms with Crippen LogP contribution < -0.4 is 10.6 Å². The van der Waals surface area contributed by atoms with Gasteiger partial charge in [0, 0.05) is 37.4 Å². The van der Waals surface area contributed by atoms with Crippen molar-refractivity contribution >= 4 is 41.3 Å². The van der Waals surface area contributed by atoms with Gasteiger partial charge in [-0.15, -0.1) is 35.3 Å². The minimum absolute atomic E-state index is 0. The lowest BCUT2D eigenvalue weighted by Gasteiger charge is -2.11. The van der Waals surface area contributed by atoms with Crippen LogP contribution in [-0.4, -0.2) is 43.8 Å². The minimum Gasteiger partial charge on any atom is -0.380 e. The fourth-order valence-corrected chi connectivity index (χ4v) is 2.87. The van der Waals surface area contributed by atoms with E-state index in [0.29, 0.717) is 25.0 Å². The largest absolute Gasteiger partial charge is 0.380 e. The average Bonchev–Trinajstić information content (AvgIpc) is 2.99. The molecule has 0 aliphatic rings. The number of hydrogen-bond acceptors (Lipinski definition) is 4. The Bertz CT molecular complexity index is 477. The number of nitrogens with one attached hydrogen (secondary N) is 2. The number of ether oxygens (including phenoxy) is 1. The molecule has 0 atom stereocenters. The molecule has 7 heteroatoms. The van der Waals surface area contributed by atoms with Gasteiger partial charge < -0.3 is 15.4 Å². The van der Waals surface area contributed by atoms with E-state index in [1.165, 1.54) is 5.01 Å². The Kier molecular flexibility index (Phi) is 14.5. The third kappa shape index (κ3) is 11.8. The number of guanidine groups is 1. The van der Waals surface area contributed by atoms with Crippen molar-refractivity contribution in [3.63, 3.8) is 0 Å². The van der Waals surface area contributed by atoms with Crippen molar-refractivity contribution in [1.82, 2.24) is 15.6 Å². The molecule has 0 aromatic carbocycles. The molecule has 1 heterocycles. The molecule has 0 amide bonds. The van der Waals surface area contributed by atoms with Crippen LogP contribution in [0.5, 0.6) is 0 Å². The number of thiazole rings is 1. The molecular formula is C18H35IN4OS. The van der Waals surface area contributed by atoms with Gasteiger partial charge in [0.25, 0.3) is 0 Å². The van der Waals surface area contributed by atoms with E-state index in [0.717, 1.165) is 44.2 Å². The van der Waals surface area contributed by atoms with Crippen LogP contribution in [0.2, 0.25) is 0 Å². The van der Waals surface area contributed by atoms with Gasteiger partial charge in [-0.2, -0.15) is 0 Å². The van der Waals surface area contributed by atoms with Gasteiger partial charge in [0.2, 0.25) is 0 Å². The molecule has 0 saturated carbocycles. The SMILES string of the molecule is CCNC(=NCCOCCC(C)C)NCCc1csc(C(C)C)n1.I. The van der Waals surface area contributed by atoms with Gasteiger partial charge in [0.15, 0.2) is 5.96 Å². The van der Waals surface area contributed by atoms with Crippen molar-refractivity contribution < 1.29 is 4.74 Å². The number of halogens is 1. The molecule has 0 radical (unpaired) electrons. The first-order valence-electron chi connectivity index (χ1n) is 9.07. The topological polar surface area (TPSA) is 58.5 Å². The van der Waals surface area contributed by atoms with E-state index in [-0.39, 0.29) is 24.0 Å². The van der Waals surface area contributed by atoms with E-state index in [2.05, 4.69) is 60.6 Å².